The van der Waals surface area contributed by atoms with Gasteiger partial charge < -0.3 is 15.4 Å². The molecular weight excluding hydrogens is 300 g/mol. The molecule has 4 nitrogen and oxygen atoms in total. The molecule has 1 aliphatic rings. The number of benzene rings is 1. The lowest BCUT2D eigenvalue weighted by Gasteiger charge is -2.28. The zero-order chi connectivity index (χ0) is 17.2. The monoisotopic (exact) mass is 332 g/mol. The Bertz CT molecular complexity index is 472. The molecule has 1 amide bonds. The summed E-state index contributed by atoms with van der Waals surface area (Å²) in [4.78, 5) is 12.1. The van der Waals surface area contributed by atoms with E-state index in [9.17, 15) is 4.79 Å². The molecule has 1 aromatic rings. The molecule has 1 aliphatic heterocycles. The molecular formula is C20H32N2O2. The Hall–Kier alpha value is -1.39. The van der Waals surface area contributed by atoms with Crippen LogP contribution in [0.15, 0.2) is 30.3 Å². The SMILES string of the molecule is CC(CNC(=O)CC(C)C1CCNCC1)COCc1ccccc1. The molecule has 0 saturated carbocycles. The van der Waals surface area contributed by atoms with Crippen molar-refractivity contribution in [2.24, 2.45) is 17.8 Å². The minimum atomic E-state index is 0.177. The Kier molecular flexibility index (Phi) is 8.26. The predicted octanol–water partition coefficient (Wildman–Crippen LogP) is 2.98. The van der Waals surface area contributed by atoms with E-state index in [0.29, 0.717) is 43.9 Å². The number of carbonyl (C=O) groups excluding carboxylic acids is 1. The van der Waals surface area contributed by atoms with Crippen molar-refractivity contribution in [3.8, 4) is 0 Å². The lowest BCUT2D eigenvalue weighted by atomic mass is 9.84. The molecule has 2 rings (SSSR count). The van der Waals surface area contributed by atoms with Crippen LogP contribution in [0.2, 0.25) is 0 Å². The zero-order valence-corrected chi connectivity index (χ0v) is 15.1. The molecule has 0 spiro atoms. The van der Waals surface area contributed by atoms with Crippen LogP contribution in [0.4, 0.5) is 0 Å². The van der Waals surface area contributed by atoms with Gasteiger partial charge in [-0.25, -0.2) is 0 Å². The molecule has 24 heavy (non-hydrogen) atoms. The molecule has 1 fully saturated rings. The number of hydrogen-bond acceptors (Lipinski definition) is 3. The van der Waals surface area contributed by atoms with Gasteiger partial charge in [-0.05, 0) is 49.2 Å². The molecule has 2 unspecified atom stereocenters. The quantitative estimate of drug-likeness (QED) is 0.731. The highest BCUT2D eigenvalue weighted by Crippen LogP contribution is 2.24. The lowest BCUT2D eigenvalue weighted by molar-refractivity contribution is -0.122. The van der Waals surface area contributed by atoms with E-state index in [1.807, 2.05) is 18.2 Å². The van der Waals surface area contributed by atoms with Crippen LogP contribution >= 0.6 is 0 Å². The third-order valence-corrected chi connectivity index (χ3v) is 4.86. The van der Waals surface area contributed by atoms with Gasteiger partial charge in [-0.2, -0.15) is 0 Å². The lowest BCUT2D eigenvalue weighted by Crippen LogP contribution is -2.35. The molecule has 1 saturated heterocycles. The summed E-state index contributed by atoms with van der Waals surface area (Å²) >= 11 is 0. The summed E-state index contributed by atoms with van der Waals surface area (Å²) in [6, 6.07) is 10.2. The van der Waals surface area contributed by atoms with Gasteiger partial charge in [0.15, 0.2) is 0 Å². The van der Waals surface area contributed by atoms with Crippen LogP contribution in [0.5, 0.6) is 0 Å². The number of carbonyl (C=O) groups is 1. The summed E-state index contributed by atoms with van der Waals surface area (Å²) in [5.41, 5.74) is 1.18. The fraction of sp³-hybridized carbons (Fsp3) is 0.650. The maximum atomic E-state index is 12.1. The number of nitrogens with one attached hydrogen (secondary N) is 2. The van der Waals surface area contributed by atoms with E-state index in [4.69, 9.17) is 4.74 Å². The third-order valence-electron chi connectivity index (χ3n) is 4.86. The first kappa shape index (κ1) is 18.9. The molecule has 0 bridgehead atoms. The summed E-state index contributed by atoms with van der Waals surface area (Å²) in [6.07, 6.45) is 3.03. The van der Waals surface area contributed by atoms with Crippen LogP contribution in [0.25, 0.3) is 0 Å². The number of rotatable bonds is 9. The second-order valence-corrected chi connectivity index (χ2v) is 7.18. The largest absolute Gasteiger partial charge is 0.376 e. The van der Waals surface area contributed by atoms with Gasteiger partial charge >= 0.3 is 0 Å². The topological polar surface area (TPSA) is 50.4 Å². The highest BCUT2D eigenvalue weighted by Gasteiger charge is 2.22. The predicted molar refractivity (Wildman–Crippen MR) is 97.6 cm³/mol. The Morgan fingerprint density at radius 2 is 1.96 bits per heavy atom. The number of amides is 1. The minimum Gasteiger partial charge on any atom is -0.376 e. The first-order chi connectivity index (χ1) is 11.6. The summed E-state index contributed by atoms with van der Waals surface area (Å²) in [5, 5.41) is 6.45. The van der Waals surface area contributed by atoms with Crippen LogP contribution in [0.3, 0.4) is 0 Å². The Morgan fingerprint density at radius 3 is 2.67 bits per heavy atom. The smallest absolute Gasteiger partial charge is 0.220 e. The molecule has 134 valence electrons. The first-order valence-electron chi connectivity index (χ1n) is 9.24. The molecule has 4 heteroatoms. The van der Waals surface area contributed by atoms with E-state index < -0.39 is 0 Å². The van der Waals surface area contributed by atoms with Crippen molar-refractivity contribution in [3.05, 3.63) is 35.9 Å². The second kappa shape index (κ2) is 10.5. The Morgan fingerprint density at radius 1 is 1.25 bits per heavy atom. The summed E-state index contributed by atoms with van der Waals surface area (Å²) in [7, 11) is 0. The number of piperidine rings is 1. The van der Waals surface area contributed by atoms with E-state index in [0.717, 1.165) is 13.1 Å². The van der Waals surface area contributed by atoms with Gasteiger partial charge in [0.2, 0.25) is 5.91 Å². The summed E-state index contributed by atoms with van der Waals surface area (Å²) in [6.45, 7) is 8.49. The van der Waals surface area contributed by atoms with E-state index >= 15 is 0 Å². The van der Waals surface area contributed by atoms with Crippen molar-refractivity contribution in [1.29, 1.82) is 0 Å². The molecule has 0 aromatic heterocycles. The van der Waals surface area contributed by atoms with Crippen LogP contribution in [-0.4, -0.2) is 32.1 Å². The van der Waals surface area contributed by atoms with E-state index in [2.05, 4.69) is 36.6 Å². The van der Waals surface area contributed by atoms with Crippen molar-refractivity contribution in [2.75, 3.05) is 26.2 Å². The number of hydrogen-bond donors (Lipinski definition) is 2. The second-order valence-electron chi connectivity index (χ2n) is 7.18. The van der Waals surface area contributed by atoms with Gasteiger partial charge in [0.1, 0.15) is 0 Å². The molecule has 0 radical (unpaired) electrons. The molecule has 1 aromatic carbocycles. The Balaban J connectivity index is 1.57. The van der Waals surface area contributed by atoms with Gasteiger partial charge in [-0.15, -0.1) is 0 Å². The molecule has 2 N–H and O–H groups in total. The minimum absolute atomic E-state index is 0.177. The van der Waals surface area contributed by atoms with Crippen LogP contribution in [0, 0.1) is 17.8 Å². The standard InChI is InChI=1S/C20H32N2O2/c1-16(14-24-15-18-6-4-3-5-7-18)13-22-20(23)12-17(2)19-8-10-21-11-9-19/h3-7,16-17,19,21H,8-15H2,1-2H3,(H,22,23). The van der Waals surface area contributed by atoms with Gasteiger partial charge in [0, 0.05) is 13.0 Å². The summed E-state index contributed by atoms with van der Waals surface area (Å²) < 4.78 is 5.73. The van der Waals surface area contributed by atoms with Crippen molar-refractivity contribution in [3.63, 3.8) is 0 Å². The van der Waals surface area contributed by atoms with Crippen molar-refractivity contribution >= 4 is 5.91 Å². The first-order valence-corrected chi connectivity index (χ1v) is 9.24. The van der Waals surface area contributed by atoms with Crippen molar-refractivity contribution < 1.29 is 9.53 Å². The maximum Gasteiger partial charge on any atom is 0.220 e. The van der Waals surface area contributed by atoms with E-state index in [1.54, 1.807) is 0 Å². The zero-order valence-electron chi connectivity index (χ0n) is 15.1. The highest BCUT2D eigenvalue weighted by atomic mass is 16.5. The maximum absolute atomic E-state index is 12.1. The fourth-order valence-electron chi connectivity index (χ4n) is 3.24. The van der Waals surface area contributed by atoms with E-state index in [-0.39, 0.29) is 5.91 Å². The van der Waals surface area contributed by atoms with Gasteiger partial charge in [-0.1, -0.05) is 44.2 Å². The van der Waals surface area contributed by atoms with Crippen LogP contribution < -0.4 is 10.6 Å². The number of ether oxygens (including phenoxy) is 1. The molecule has 1 heterocycles. The average molecular weight is 332 g/mol. The van der Waals surface area contributed by atoms with Crippen molar-refractivity contribution in [2.45, 2.75) is 39.7 Å². The fourth-order valence-corrected chi connectivity index (χ4v) is 3.24. The van der Waals surface area contributed by atoms with Crippen LogP contribution in [-0.2, 0) is 16.1 Å². The molecule has 0 aliphatic carbocycles. The normalized spacial score (nSPS) is 18.1. The van der Waals surface area contributed by atoms with Gasteiger partial charge in [0.05, 0.1) is 13.2 Å². The third kappa shape index (κ3) is 7.02. The van der Waals surface area contributed by atoms with Gasteiger partial charge in [0.25, 0.3) is 0 Å². The highest BCUT2D eigenvalue weighted by molar-refractivity contribution is 5.76. The van der Waals surface area contributed by atoms with E-state index in [1.165, 1.54) is 18.4 Å². The Labute approximate surface area is 146 Å². The van der Waals surface area contributed by atoms with Crippen molar-refractivity contribution in [1.82, 2.24) is 10.6 Å². The molecule has 2 atom stereocenters. The van der Waals surface area contributed by atoms with Gasteiger partial charge in [-0.3, -0.25) is 4.79 Å². The average Bonchev–Trinajstić information content (AvgIpc) is 2.61. The van der Waals surface area contributed by atoms with Crippen LogP contribution in [0.1, 0.15) is 38.7 Å². The summed E-state index contributed by atoms with van der Waals surface area (Å²) in [5.74, 6) is 1.66.